The van der Waals surface area contributed by atoms with E-state index in [4.69, 9.17) is 5.11 Å². The topological polar surface area (TPSA) is 46.5 Å². The first-order valence-electron chi connectivity index (χ1n) is 6.70. The lowest BCUT2D eigenvalue weighted by Crippen LogP contribution is -2.06. The molecular formula is C15H20O3. The normalized spacial score (nSPS) is 16.4. The minimum atomic E-state index is -1.20. The quantitative estimate of drug-likeness (QED) is 0.820. The Balaban J connectivity index is 1.86. The smallest absolute Gasteiger partial charge is 0.450 e. The van der Waals surface area contributed by atoms with E-state index >= 15 is 0 Å². The third kappa shape index (κ3) is 3.76. The largest absolute Gasteiger partial charge is 0.505 e. The molecule has 1 N–H and O–H groups in total. The van der Waals surface area contributed by atoms with Gasteiger partial charge in [0.1, 0.15) is 0 Å². The minimum Gasteiger partial charge on any atom is -0.450 e. The number of rotatable bonds is 4. The van der Waals surface area contributed by atoms with Crippen LogP contribution in [0.3, 0.4) is 0 Å². The SMILES string of the molecule is O=C(O)OCCc1ccc(C2CCCCC2)cc1. The second-order valence-corrected chi connectivity index (χ2v) is 4.94. The molecule has 3 heteroatoms. The van der Waals surface area contributed by atoms with Gasteiger partial charge in [0, 0.05) is 6.42 Å². The van der Waals surface area contributed by atoms with Crippen LogP contribution in [0.4, 0.5) is 4.79 Å². The van der Waals surface area contributed by atoms with Crippen LogP contribution in [-0.4, -0.2) is 17.9 Å². The molecule has 0 aromatic heterocycles. The van der Waals surface area contributed by atoms with Gasteiger partial charge < -0.3 is 9.84 Å². The average Bonchev–Trinajstić information content (AvgIpc) is 2.40. The fourth-order valence-electron chi connectivity index (χ4n) is 2.65. The lowest BCUT2D eigenvalue weighted by molar-refractivity contribution is 0.0927. The predicted molar refractivity (Wildman–Crippen MR) is 69.9 cm³/mol. The molecule has 0 atom stereocenters. The van der Waals surface area contributed by atoms with Gasteiger partial charge in [0.2, 0.25) is 0 Å². The zero-order chi connectivity index (χ0) is 12.8. The molecule has 0 bridgehead atoms. The van der Waals surface area contributed by atoms with Crippen LogP contribution in [-0.2, 0) is 11.2 Å². The summed E-state index contributed by atoms with van der Waals surface area (Å²) in [6, 6.07) is 8.56. The highest BCUT2D eigenvalue weighted by molar-refractivity contribution is 5.56. The first-order chi connectivity index (χ1) is 8.75. The van der Waals surface area contributed by atoms with Gasteiger partial charge in [0.25, 0.3) is 0 Å². The van der Waals surface area contributed by atoms with Gasteiger partial charge in [-0.3, -0.25) is 0 Å². The van der Waals surface area contributed by atoms with Gasteiger partial charge in [-0.25, -0.2) is 4.79 Å². The van der Waals surface area contributed by atoms with Gasteiger partial charge in [0.15, 0.2) is 0 Å². The Morgan fingerprint density at radius 3 is 2.44 bits per heavy atom. The Hall–Kier alpha value is -1.51. The zero-order valence-electron chi connectivity index (χ0n) is 10.6. The maximum Gasteiger partial charge on any atom is 0.505 e. The monoisotopic (exact) mass is 248 g/mol. The van der Waals surface area contributed by atoms with Crippen molar-refractivity contribution in [3.63, 3.8) is 0 Å². The van der Waals surface area contributed by atoms with Crippen molar-refractivity contribution in [3.05, 3.63) is 35.4 Å². The van der Waals surface area contributed by atoms with Crippen LogP contribution in [0.25, 0.3) is 0 Å². The van der Waals surface area contributed by atoms with Crippen LogP contribution >= 0.6 is 0 Å². The van der Waals surface area contributed by atoms with E-state index in [1.165, 1.54) is 37.7 Å². The van der Waals surface area contributed by atoms with Crippen molar-refractivity contribution in [2.45, 2.75) is 44.4 Å². The molecule has 0 saturated heterocycles. The number of carboxylic acid groups (broad SMARTS) is 1. The predicted octanol–water partition coefficient (Wildman–Crippen LogP) is 3.97. The van der Waals surface area contributed by atoms with Crippen LogP contribution < -0.4 is 0 Å². The summed E-state index contributed by atoms with van der Waals surface area (Å²) >= 11 is 0. The zero-order valence-corrected chi connectivity index (χ0v) is 10.6. The molecule has 1 saturated carbocycles. The number of hydrogen-bond acceptors (Lipinski definition) is 2. The molecule has 1 fully saturated rings. The molecule has 2 rings (SSSR count). The minimum absolute atomic E-state index is 0.234. The average molecular weight is 248 g/mol. The first kappa shape index (κ1) is 12.9. The van der Waals surface area contributed by atoms with E-state index in [1.54, 1.807) is 0 Å². The van der Waals surface area contributed by atoms with Crippen molar-refractivity contribution in [1.82, 2.24) is 0 Å². The molecule has 0 unspecified atom stereocenters. The summed E-state index contributed by atoms with van der Waals surface area (Å²) in [6.07, 6.45) is 6.13. The summed E-state index contributed by atoms with van der Waals surface area (Å²) in [6.45, 7) is 0.234. The van der Waals surface area contributed by atoms with Gasteiger partial charge in [-0.2, -0.15) is 0 Å². The van der Waals surface area contributed by atoms with Crippen molar-refractivity contribution in [3.8, 4) is 0 Å². The summed E-state index contributed by atoms with van der Waals surface area (Å²) in [5, 5.41) is 8.38. The molecule has 1 aliphatic carbocycles. The van der Waals surface area contributed by atoms with Gasteiger partial charge >= 0.3 is 6.16 Å². The third-order valence-electron chi connectivity index (χ3n) is 3.67. The highest BCUT2D eigenvalue weighted by Gasteiger charge is 2.14. The fourth-order valence-corrected chi connectivity index (χ4v) is 2.65. The van der Waals surface area contributed by atoms with Gasteiger partial charge in [-0.15, -0.1) is 0 Å². The molecule has 1 aromatic carbocycles. The maximum absolute atomic E-state index is 10.2. The second kappa shape index (κ2) is 6.43. The van der Waals surface area contributed by atoms with Gasteiger partial charge in [-0.05, 0) is 29.9 Å². The molecule has 1 aliphatic rings. The van der Waals surface area contributed by atoms with Crippen molar-refractivity contribution < 1.29 is 14.6 Å². The van der Waals surface area contributed by atoms with Crippen LogP contribution in [0.5, 0.6) is 0 Å². The molecule has 98 valence electrons. The van der Waals surface area contributed by atoms with E-state index in [9.17, 15) is 4.79 Å². The fraction of sp³-hybridized carbons (Fsp3) is 0.533. The van der Waals surface area contributed by atoms with Crippen LogP contribution in [0.1, 0.15) is 49.1 Å². The Bertz CT molecular complexity index is 377. The Kier molecular flexibility index (Phi) is 4.62. The lowest BCUT2D eigenvalue weighted by atomic mass is 9.84. The van der Waals surface area contributed by atoms with E-state index in [1.807, 2.05) is 0 Å². The van der Waals surface area contributed by atoms with Crippen molar-refractivity contribution in [2.75, 3.05) is 6.61 Å². The Morgan fingerprint density at radius 2 is 1.83 bits per heavy atom. The standard InChI is InChI=1S/C15H20O3/c16-15(17)18-11-10-12-6-8-14(9-7-12)13-4-2-1-3-5-13/h6-9,13H,1-5,10-11H2,(H,16,17). The summed E-state index contributed by atoms with van der Waals surface area (Å²) in [5.74, 6) is 0.725. The van der Waals surface area contributed by atoms with E-state index in [0.29, 0.717) is 6.42 Å². The summed E-state index contributed by atoms with van der Waals surface area (Å²) in [4.78, 5) is 10.2. The molecule has 0 aliphatic heterocycles. The summed E-state index contributed by atoms with van der Waals surface area (Å²) < 4.78 is 4.51. The number of hydrogen-bond donors (Lipinski definition) is 1. The van der Waals surface area contributed by atoms with E-state index in [0.717, 1.165) is 11.5 Å². The number of benzene rings is 1. The van der Waals surface area contributed by atoms with Crippen LogP contribution in [0.2, 0.25) is 0 Å². The molecule has 0 amide bonds. The molecule has 1 aromatic rings. The molecule has 0 radical (unpaired) electrons. The van der Waals surface area contributed by atoms with Gasteiger partial charge in [0.05, 0.1) is 6.61 Å². The summed E-state index contributed by atoms with van der Waals surface area (Å²) in [5.41, 5.74) is 2.56. The lowest BCUT2D eigenvalue weighted by Gasteiger charge is -2.22. The molecule has 0 heterocycles. The highest BCUT2D eigenvalue weighted by atomic mass is 16.7. The second-order valence-electron chi connectivity index (χ2n) is 4.94. The van der Waals surface area contributed by atoms with Crippen molar-refractivity contribution in [1.29, 1.82) is 0 Å². The molecule has 18 heavy (non-hydrogen) atoms. The first-order valence-corrected chi connectivity index (χ1v) is 6.70. The molecular weight excluding hydrogens is 228 g/mol. The van der Waals surface area contributed by atoms with Crippen LogP contribution in [0, 0.1) is 0 Å². The Morgan fingerprint density at radius 1 is 1.17 bits per heavy atom. The number of carbonyl (C=O) groups is 1. The Labute approximate surface area is 108 Å². The third-order valence-corrected chi connectivity index (χ3v) is 3.67. The van der Waals surface area contributed by atoms with E-state index < -0.39 is 6.16 Å². The molecule has 3 nitrogen and oxygen atoms in total. The highest BCUT2D eigenvalue weighted by Crippen LogP contribution is 2.32. The van der Waals surface area contributed by atoms with E-state index in [2.05, 4.69) is 29.0 Å². The van der Waals surface area contributed by atoms with E-state index in [-0.39, 0.29) is 6.61 Å². The number of ether oxygens (including phenoxy) is 1. The van der Waals surface area contributed by atoms with Crippen molar-refractivity contribution >= 4 is 6.16 Å². The van der Waals surface area contributed by atoms with Crippen LogP contribution in [0.15, 0.2) is 24.3 Å². The molecule has 0 spiro atoms. The summed E-state index contributed by atoms with van der Waals surface area (Å²) in [7, 11) is 0. The maximum atomic E-state index is 10.2. The van der Waals surface area contributed by atoms with Crippen molar-refractivity contribution in [2.24, 2.45) is 0 Å². The van der Waals surface area contributed by atoms with Gasteiger partial charge in [-0.1, -0.05) is 43.5 Å².